The molecule has 0 saturated carbocycles. The van der Waals surface area contributed by atoms with Gasteiger partial charge in [0.1, 0.15) is 0 Å². The average Bonchev–Trinajstić information content (AvgIpc) is 2.88. The number of hydrogen-bond donors (Lipinski definition) is 2. The molecule has 2 rings (SSSR count). The van der Waals surface area contributed by atoms with Gasteiger partial charge in [0, 0.05) is 24.8 Å². The van der Waals surface area contributed by atoms with E-state index in [4.69, 9.17) is 0 Å². The van der Waals surface area contributed by atoms with Crippen molar-refractivity contribution in [2.24, 2.45) is 5.92 Å². The van der Waals surface area contributed by atoms with Crippen LogP contribution in [0.2, 0.25) is 0 Å². The highest BCUT2D eigenvalue weighted by Gasteiger charge is 2.08. The number of hydrogen-bond acceptors (Lipinski definition) is 3. The van der Waals surface area contributed by atoms with Gasteiger partial charge >= 0.3 is 0 Å². The first-order valence-corrected chi connectivity index (χ1v) is 6.64. The summed E-state index contributed by atoms with van der Waals surface area (Å²) in [6.45, 7) is 5.35. The minimum absolute atomic E-state index is 0.277. The largest absolute Gasteiger partial charge is 0.392 e. The molecule has 1 unspecified atom stereocenters. The van der Waals surface area contributed by atoms with Gasteiger partial charge in [-0.25, -0.2) is 4.68 Å². The quantitative estimate of drug-likeness (QED) is 0.834. The topological polar surface area (TPSA) is 50.1 Å². The van der Waals surface area contributed by atoms with Crippen molar-refractivity contribution in [3.05, 3.63) is 48.3 Å². The van der Waals surface area contributed by atoms with Gasteiger partial charge in [-0.3, -0.25) is 0 Å². The number of benzene rings is 1. The molecular formula is C15H21N3O. The summed E-state index contributed by atoms with van der Waals surface area (Å²) in [4.78, 5) is 0. The Balaban J connectivity index is 1.88. The summed E-state index contributed by atoms with van der Waals surface area (Å²) in [6, 6.07) is 10.0. The van der Waals surface area contributed by atoms with Crippen molar-refractivity contribution in [1.29, 1.82) is 0 Å². The minimum Gasteiger partial charge on any atom is -0.392 e. The minimum atomic E-state index is -0.302. The molecule has 1 aromatic heterocycles. The molecule has 19 heavy (non-hydrogen) atoms. The third-order valence-electron chi connectivity index (χ3n) is 3.11. The van der Waals surface area contributed by atoms with Gasteiger partial charge in [-0.1, -0.05) is 32.0 Å². The van der Waals surface area contributed by atoms with Gasteiger partial charge in [0.2, 0.25) is 0 Å². The van der Waals surface area contributed by atoms with E-state index in [9.17, 15) is 5.11 Å². The first kappa shape index (κ1) is 13.8. The zero-order valence-electron chi connectivity index (χ0n) is 11.5. The van der Waals surface area contributed by atoms with E-state index < -0.39 is 0 Å². The molecule has 2 aromatic rings. The molecule has 102 valence electrons. The summed E-state index contributed by atoms with van der Waals surface area (Å²) < 4.78 is 1.86. The van der Waals surface area contributed by atoms with Crippen LogP contribution in [0.15, 0.2) is 42.7 Å². The van der Waals surface area contributed by atoms with Crippen molar-refractivity contribution in [2.45, 2.75) is 26.5 Å². The molecule has 0 radical (unpaired) electrons. The Morgan fingerprint density at radius 1 is 1.26 bits per heavy atom. The van der Waals surface area contributed by atoms with Crippen LogP contribution in [0, 0.1) is 5.92 Å². The third-order valence-corrected chi connectivity index (χ3v) is 3.11. The van der Waals surface area contributed by atoms with Gasteiger partial charge in [-0.2, -0.15) is 5.10 Å². The molecule has 1 aromatic carbocycles. The van der Waals surface area contributed by atoms with Crippen LogP contribution < -0.4 is 5.32 Å². The van der Waals surface area contributed by atoms with Gasteiger partial charge < -0.3 is 10.4 Å². The van der Waals surface area contributed by atoms with Crippen LogP contribution in [0.5, 0.6) is 0 Å². The lowest BCUT2D eigenvalue weighted by Gasteiger charge is -2.14. The summed E-state index contributed by atoms with van der Waals surface area (Å²) >= 11 is 0. The Hall–Kier alpha value is -1.65. The number of para-hydroxylation sites is 1. The van der Waals surface area contributed by atoms with E-state index >= 15 is 0 Å². The SMILES string of the molecule is CC(C)C(O)CNCc1cnn(-c2ccccc2)c1. The number of nitrogens with one attached hydrogen (secondary N) is 1. The van der Waals surface area contributed by atoms with Crippen LogP contribution in [-0.2, 0) is 6.54 Å². The third kappa shape index (κ3) is 3.91. The van der Waals surface area contributed by atoms with Crippen LogP contribution in [0.25, 0.3) is 5.69 Å². The zero-order chi connectivity index (χ0) is 13.7. The standard InChI is InChI=1S/C15H21N3O/c1-12(2)15(19)10-16-8-13-9-17-18(11-13)14-6-4-3-5-7-14/h3-7,9,11-12,15-16,19H,8,10H2,1-2H3. The summed E-state index contributed by atoms with van der Waals surface area (Å²) in [5.74, 6) is 0.277. The van der Waals surface area contributed by atoms with Crippen LogP contribution >= 0.6 is 0 Å². The van der Waals surface area contributed by atoms with Crippen LogP contribution in [-0.4, -0.2) is 27.5 Å². The summed E-state index contributed by atoms with van der Waals surface area (Å²) in [7, 11) is 0. The molecule has 4 heteroatoms. The highest BCUT2D eigenvalue weighted by Crippen LogP contribution is 2.07. The van der Waals surface area contributed by atoms with E-state index in [1.807, 2.05) is 61.3 Å². The fraction of sp³-hybridized carbons (Fsp3) is 0.400. The molecule has 0 saturated heterocycles. The van der Waals surface area contributed by atoms with Gasteiger partial charge in [-0.15, -0.1) is 0 Å². The molecule has 0 amide bonds. The molecule has 1 atom stereocenters. The molecule has 0 aliphatic carbocycles. The number of aliphatic hydroxyl groups is 1. The van der Waals surface area contributed by atoms with Crippen LogP contribution in [0.4, 0.5) is 0 Å². The Labute approximate surface area is 114 Å². The van der Waals surface area contributed by atoms with E-state index in [1.165, 1.54) is 0 Å². The fourth-order valence-electron chi connectivity index (χ4n) is 1.77. The summed E-state index contributed by atoms with van der Waals surface area (Å²) in [6.07, 6.45) is 3.55. The van der Waals surface area contributed by atoms with Gasteiger partial charge in [-0.05, 0) is 18.1 Å². The molecule has 4 nitrogen and oxygen atoms in total. The van der Waals surface area contributed by atoms with E-state index in [2.05, 4.69) is 10.4 Å². The predicted octanol–water partition coefficient (Wildman–Crippen LogP) is 1.98. The van der Waals surface area contributed by atoms with Crippen molar-refractivity contribution >= 4 is 0 Å². The Morgan fingerprint density at radius 3 is 2.68 bits per heavy atom. The van der Waals surface area contributed by atoms with Crippen LogP contribution in [0.3, 0.4) is 0 Å². The predicted molar refractivity (Wildman–Crippen MR) is 76.1 cm³/mol. The van der Waals surface area contributed by atoms with Crippen molar-refractivity contribution in [2.75, 3.05) is 6.54 Å². The molecule has 2 N–H and O–H groups in total. The monoisotopic (exact) mass is 259 g/mol. The van der Waals surface area contributed by atoms with Crippen molar-refractivity contribution in [1.82, 2.24) is 15.1 Å². The highest BCUT2D eigenvalue weighted by molar-refractivity contribution is 5.30. The fourth-order valence-corrected chi connectivity index (χ4v) is 1.77. The normalized spacial score (nSPS) is 12.8. The molecule has 0 fully saturated rings. The van der Waals surface area contributed by atoms with Gasteiger partial charge in [0.05, 0.1) is 18.0 Å². The Morgan fingerprint density at radius 2 is 2.00 bits per heavy atom. The molecule has 1 heterocycles. The maximum atomic E-state index is 9.70. The van der Waals surface area contributed by atoms with Crippen molar-refractivity contribution in [3.63, 3.8) is 0 Å². The second-order valence-corrected chi connectivity index (χ2v) is 5.07. The van der Waals surface area contributed by atoms with E-state index in [-0.39, 0.29) is 12.0 Å². The number of aliphatic hydroxyl groups excluding tert-OH is 1. The number of nitrogens with zero attached hydrogens (tertiary/aromatic N) is 2. The molecule has 0 aliphatic heterocycles. The first-order valence-electron chi connectivity index (χ1n) is 6.64. The van der Waals surface area contributed by atoms with E-state index in [0.717, 1.165) is 17.8 Å². The maximum absolute atomic E-state index is 9.70. The lowest BCUT2D eigenvalue weighted by Crippen LogP contribution is -2.30. The van der Waals surface area contributed by atoms with Crippen molar-refractivity contribution in [3.8, 4) is 5.69 Å². The second kappa shape index (κ2) is 6.50. The Bertz CT molecular complexity index is 493. The van der Waals surface area contributed by atoms with E-state index in [1.54, 1.807) is 0 Å². The Kier molecular flexibility index (Phi) is 4.71. The van der Waals surface area contributed by atoms with E-state index in [0.29, 0.717) is 6.54 Å². The average molecular weight is 259 g/mol. The lowest BCUT2D eigenvalue weighted by molar-refractivity contribution is 0.123. The van der Waals surface area contributed by atoms with Gasteiger partial charge in [0.25, 0.3) is 0 Å². The maximum Gasteiger partial charge on any atom is 0.0687 e. The van der Waals surface area contributed by atoms with Crippen molar-refractivity contribution < 1.29 is 5.11 Å². The molecule has 0 spiro atoms. The highest BCUT2D eigenvalue weighted by atomic mass is 16.3. The zero-order valence-corrected chi connectivity index (χ0v) is 11.5. The molecule has 0 bridgehead atoms. The summed E-state index contributed by atoms with van der Waals surface area (Å²) in [5.41, 5.74) is 2.16. The van der Waals surface area contributed by atoms with Crippen LogP contribution in [0.1, 0.15) is 19.4 Å². The first-order chi connectivity index (χ1) is 9.16. The number of rotatable bonds is 6. The van der Waals surface area contributed by atoms with Gasteiger partial charge in [0.15, 0.2) is 0 Å². The smallest absolute Gasteiger partial charge is 0.0687 e. The number of aromatic nitrogens is 2. The molecular weight excluding hydrogens is 238 g/mol. The lowest BCUT2D eigenvalue weighted by atomic mass is 10.1. The second-order valence-electron chi connectivity index (χ2n) is 5.07. The summed E-state index contributed by atoms with van der Waals surface area (Å²) in [5, 5.41) is 17.3. The molecule has 0 aliphatic rings.